The summed E-state index contributed by atoms with van der Waals surface area (Å²) in [6.45, 7) is 4.78. The van der Waals surface area contributed by atoms with Crippen LogP contribution in [0, 0.1) is 18.3 Å². The fourth-order valence-electron chi connectivity index (χ4n) is 2.63. The SMILES string of the molecule is Cc1nc(C(=O)N2CCCN(CC(=O)N(C)C)CC2)ccc1C#N. The minimum absolute atomic E-state index is 0.0687. The Morgan fingerprint density at radius 3 is 2.62 bits per heavy atom. The number of nitriles is 1. The molecule has 24 heavy (non-hydrogen) atoms. The third-order valence-electron chi connectivity index (χ3n) is 4.16. The monoisotopic (exact) mass is 329 g/mol. The molecular formula is C17H23N5O2. The third-order valence-corrected chi connectivity index (χ3v) is 4.16. The van der Waals surface area contributed by atoms with Gasteiger partial charge in [-0.3, -0.25) is 14.5 Å². The van der Waals surface area contributed by atoms with Crippen molar-refractivity contribution in [1.82, 2.24) is 19.7 Å². The predicted molar refractivity (Wildman–Crippen MR) is 89.3 cm³/mol. The molecule has 1 fully saturated rings. The van der Waals surface area contributed by atoms with Gasteiger partial charge in [-0.1, -0.05) is 0 Å². The van der Waals surface area contributed by atoms with Crippen LogP contribution in [-0.4, -0.2) is 78.3 Å². The molecule has 2 amide bonds. The number of hydrogen-bond acceptors (Lipinski definition) is 5. The molecule has 1 aliphatic rings. The van der Waals surface area contributed by atoms with E-state index in [0.717, 1.165) is 13.0 Å². The van der Waals surface area contributed by atoms with E-state index >= 15 is 0 Å². The highest BCUT2D eigenvalue weighted by molar-refractivity contribution is 5.92. The van der Waals surface area contributed by atoms with E-state index in [-0.39, 0.29) is 11.8 Å². The molecule has 0 saturated carbocycles. The van der Waals surface area contributed by atoms with Crippen molar-refractivity contribution in [3.63, 3.8) is 0 Å². The van der Waals surface area contributed by atoms with Gasteiger partial charge in [0.2, 0.25) is 5.91 Å². The highest BCUT2D eigenvalue weighted by atomic mass is 16.2. The zero-order chi connectivity index (χ0) is 17.7. The minimum atomic E-state index is -0.122. The number of amides is 2. The fraction of sp³-hybridized carbons (Fsp3) is 0.529. The number of likely N-dealkylation sites (N-methyl/N-ethyl adjacent to an activating group) is 1. The quantitative estimate of drug-likeness (QED) is 0.806. The number of aryl methyl sites for hydroxylation is 1. The summed E-state index contributed by atoms with van der Waals surface area (Å²) < 4.78 is 0. The Balaban J connectivity index is 2.00. The average Bonchev–Trinajstić information content (AvgIpc) is 2.79. The van der Waals surface area contributed by atoms with Gasteiger partial charge in [-0.25, -0.2) is 4.98 Å². The van der Waals surface area contributed by atoms with Crippen LogP contribution in [0.3, 0.4) is 0 Å². The summed E-state index contributed by atoms with van der Waals surface area (Å²) in [5, 5.41) is 8.95. The Bertz CT molecular complexity index is 665. The van der Waals surface area contributed by atoms with Gasteiger partial charge in [0, 0.05) is 40.3 Å². The van der Waals surface area contributed by atoms with E-state index in [1.807, 2.05) is 0 Å². The maximum absolute atomic E-state index is 12.6. The van der Waals surface area contributed by atoms with E-state index < -0.39 is 0 Å². The summed E-state index contributed by atoms with van der Waals surface area (Å²) in [5.74, 6) is -0.0532. The van der Waals surface area contributed by atoms with E-state index in [1.165, 1.54) is 0 Å². The zero-order valence-electron chi connectivity index (χ0n) is 14.4. The molecule has 128 valence electrons. The molecule has 1 aromatic heterocycles. The molecule has 1 aliphatic heterocycles. The van der Waals surface area contributed by atoms with E-state index in [2.05, 4.69) is 16.0 Å². The van der Waals surface area contributed by atoms with Crippen LogP contribution >= 0.6 is 0 Å². The van der Waals surface area contributed by atoms with Crippen LogP contribution < -0.4 is 0 Å². The minimum Gasteiger partial charge on any atom is -0.348 e. The normalized spacial score (nSPS) is 15.5. The summed E-state index contributed by atoms with van der Waals surface area (Å²) in [6, 6.07) is 5.29. The fourth-order valence-corrected chi connectivity index (χ4v) is 2.63. The van der Waals surface area contributed by atoms with Gasteiger partial charge in [-0.2, -0.15) is 5.26 Å². The van der Waals surface area contributed by atoms with Crippen molar-refractivity contribution < 1.29 is 9.59 Å². The van der Waals surface area contributed by atoms with Crippen LogP contribution in [0.2, 0.25) is 0 Å². The Kier molecular flexibility index (Phi) is 5.88. The Hall–Kier alpha value is -2.46. The lowest BCUT2D eigenvalue weighted by molar-refractivity contribution is -0.129. The molecule has 7 nitrogen and oxygen atoms in total. The molecule has 2 heterocycles. The molecule has 0 aliphatic carbocycles. The van der Waals surface area contributed by atoms with E-state index in [9.17, 15) is 9.59 Å². The van der Waals surface area contributed by atoms with Crippen molar-refractivity contribution >= 4 is 11.8 Å². The molecule has 0 N–H and O–H groups in total. The van der Waals surface area contributed by atoms with Gasteiger partial charge in [0.1, 0.15) is 11.8 Å². The van der Waals surface area contributed by atoms with E-state index in [0.29, 0.717) is 43.1 Å². The number of rotatable bonds is 3. The molecule has 0 radical (unpaired) electrons. The number of pyridine rings is 1. The second-order valence-corrected chi connectivity index (χ2v) is 6.15. The summed E-state index contributed by atoms with van der Waals surface area (Å²) in [7, 11) is 3.49. The second-order valence-electron chi connectivity index (χ2n) is 6.15. The van der Waals surface area contributed by atoms with Crippen molar-refractivity contribution in [3.8, 4) is 6.07 Å². The van der Waals surface area contributed by atoms with Crippen molar-refractivity contribution in [3.05, 3.63) is 29.1 Å². The lowest BCUT2D eigenvalue weighted by atomic mass is 10.2. The molecule has 0 atom stereocenters. The van der Waals surface area contributed by atoms with Crippen molar-refractivity contribution in [2.75, 3.05) is 46.8 Å². The predicted octanol–water partition coefficient (Wildman–Crippen LogP) is 0.498. The highest BCUT2D eigenvalue weighted by Gasteiger charge is 2.22. The van der Waals surface area contributed by atoms with Gasteiger partial charge in [-0.15, -0.1) is 0 Å². The van der Waals surface area contributed by atoms with Gasteiger partial charge < -0.3 is 9.80 Å². The first-order valence-corrected chi connectivity index (χ1v) is 8.02. The molecule has 0 bridgehead atoms. The Morgan fingerprint density at radius 1 is 1.25 bits per heavy atom. The van der Waals surface area contributed by atoms with Gasteiger partial charge >= 0.3 is 0 Å². The molecule has 0 aromatic carbocycles. The van der Waals surface area contributed by atoms with Crippen LogP contribution in [-0.2, 0) is 4.79 Å². The molecule has 0 spiro atoms. The number of carbonyl (C=O) groups is 2. The van der Waals surface area contributed by atoms with Crippen LogP contribution in [0.4, 0.5) is 0 Å². The standard InChI is InChI=1S/C17H23N5O2/c1-13-14(11-18)5-6-15(19-13)17(24)22-8-4-7-21(9-10-22)12-16(23)20(2)3/h5-6H,4,7-10,12H2,1-3H3. The third kappa shape index (κ3) is 4.30. The number of aromatic nitrogens is 1. The topological polar surface area (TPSA) is 80.5 Å². The molecule has 7 heteroatoms. The van der Waals surface area contributed by atoms with Gasteiger partial charge in [-0.05, 0) is 25.5 Å². The number of carbonyl (C=O) groups excluding carboxylic acids is 2. The first-order valence-electron chi connectivity index (χ1n) is 8.02. The second kappa shape index (κ2) is 7.88. The average molecular weight is 329 g/mol. The summed E-state index contributed by atoms with van der Waals surface area (Å²) >= 11 is 0. The van der Waals surface area contributed by atoms with Gasteiger partial charge in [0.05, 0.1) is 17.8 Å². The van der Waals surface area contributed by atoms with E-state index in [1.54, 1.807) is 43.0 Å². The molecule has 1 saturated heterocycles. The Morgan fingerprint density at radius 2 is 2.00 bits per heavy atom. The lowest BCUT2D eigenvalue weighted by Crippen LogP contribution is -2.39. The Labute approximate surface area is 142 Å². The van der Waals surface area contributed by atoms with Crippen molar-refractivity contribution in [2.24, 2.45) is 0 Å². The summed E-state index contributed by atoms with van der Waals surface area (Å²) in [5.41, 5.74) is 1.41. The van der Waals surface area contributed by atoms with Crippen molar-refractivity contribution in [2.45, 2.75) is 13.3 Å². The smallest absolute Gasteiger partial charge is 0.272 e. The summed E-state index contributed by atoms with van der Waals surface area (Å²) in [6.07, 6.45) is 0.821. The van der Waals surface area contributed by atoms with Gasteiger partial charge in [0.15, 0.2) is 0 Å². The number of nitrogens with zero attached hydrogens (tertiary/aromatic N) is 5. The van der Waals surface area contributed by atoms with Crippen LogP contribution in [0.1, 0.15) is 28.2 Å². The van der Waals surface area contributed by atoms with Crippen molar-refractivity contribution in [1.29, 1.82) is 5.26 Å². The van der Waals surface area contributed by atoms with Crippen LogP contribution in [0.15, 0.2) is 12.1 Å². The number of hydrogen-bond donors (Lipinski definition) is 0. The summed E-state index contributed by atoms with van der Waals surface area (Å²) in [4.78, 5) is 34.1. The maximum Gasteiger partial charge on any atom is 0.272 e. The first kappa shape index (κ1) is 17.9. The van der Waals surface area contributed by atoms with Crippen LogP contribution in [0.25, 0.3) is 0 Å². The maximum atomic E-state index is 12.6. The van der Waals surface area contributed by atoms with Crippen LogP contribution in [0.5, 0.6) is 0 Å². The van der Waals surface area contributed by atoms with Gasteiger partial charge in [0.25, 0.3) is 5.91 Å². The molecular weight excluding hydrogens is 306 g/mol. The van der Waals surface area contributed by atoms with E-state index in [4.69, 9.17) is 5.26 Å². The molecule has 2 rings (SSSR count). The zero-order valence-corrected chi connectivity index (χ0v) is 14.4. The first-order chi connectivity index (χ1) is 11.4. The lowest BCUT2D eigenvalue weighted by Gasteiger charge is -2.22. The molecule has 0 unspecified atom stereocenters. The largest absolute Gasteiger partial charge is 0.348 e. The molecule has 1 aromatic rings. The highest BCUT2D eigenvalue weighted by Crippen LogP contribution is 2.11.